The molecule has 0 spiro atoms. The fourth-order valence-electron chi connectivity index (χ4n) is 2.71. The minimum Gasteiger partial charge on any atom is -0.480 e. The molecule has 0 aliphatic carbocycles. The molecule has 0 bridgehead atoms. The van der Waals surface area contributed by atoms with Gasteiger partial charge in [-0.3, -0.25) is 19.2 Å². The van der Waals surface area contributed by atoms with Gasteiger partial charge in [-0.05, 0) is 25.2 Å². The first-order valence-electron chi connectivity index (χ1n) is 9.97. The molecule has 0 fully saturated rings. The van der Waals surface area contributed by atoms with E-state index in [1.165, 1.54) is 14.0 Å². The molecule has 12 heteroatoms. The van der Waals surface area contributed by atoms with Gasteiger partial charge in [-0.1, -0.05) is 6.92 Å². The fraction of sp³-hybridized carbons (Fsp3) is 0.684. The van der Waals surface area contributed by atoms with Gasteiger partial charge in [0.25, 0.3) is 0 Å². The van der Waals surface area contributed by atoms with E-state index in [2.05, 4.69) is 21.3 Å². The SMILES string of the molecule is CNC(=O)CCC(NC(=O)CCCCNC(=O)CC(C)C(NC(C)=O)C(=O)O)C(=O)O. The molecule has 6 N–H and O–H groups in total. The molecule has 0 saturated carbocycles. The summed E-state index contributed by atoms with van der Waals surface area (Å²) in [6.07, 6.45) is 0.765. The monoisotopic (exact) mass is 444 g/mol. The fourth-order valence-corrected chi connectivity index (χ4v) is 2.71. The first-order valence-corrected chi connectivity index (χ1v) is 9.97. The molecule has 0 aliphatic rings. The Hall–Kier alpha value is -3.18. The second-order valence-corrected chi connectivity index (χ2v) is 7.18. The highest BCUT2D eigenvalue weighted by molar-refractivity contribution is 5.85. The van der Waals surface area contributed by atoms with Crippen molar-refractivity contribution in [3.05, 3.63) is 0 Å². The van der Waals surface area contributed by atoms with Crippen molar-refractivity contribution in [1.82, 2.24) is 21.3 Å². The summed E-state index contributed by atoms with van der Waals surface area (Å²) in [6.45, 7) is 3.00. The average molecular weight is 444 g/mol. The summed E-state index contributed by atoms with van der Waals surface area (Å²) in [5.41, 5.74) is 0. The predicted octanol–water partition coefficient (Wildman–Crippen LogP) is -1.02. The highest BCUT2D eigenvalue weighted by atomic mass is 16.4. The Labute approximate surface area is 180 Å². The molecular weight excluding hydrogens is 412 g/mol. The number of carboxylic acids is 2. The van der Waals surface area contributed by atoms with E-state index in [4.69, 9.17) is 10.2 Å². The molecule has 31 heavy (non-hydrogen) atoms. The third-order valence-electron chi connectivity index (χ3n) is 4.43. The van der Waals surface area contributed by atoms with Crippen molar-refractivity contribution in [3.8, 4) is 0 Å². The molecule has 4 amide bonds. The van der Waals surface area contributed by atoms with Crippen LogP contribution < -0.4 is 21.3 Å². The summed E-state index contributed by atoms with van der Waals surface area (Å²) in [5, 5.41) is 27.9. The summed E-state index contributed by atoms with van der Waals surface area (Å²) < 4.78 is 0. The Morgan fingerprint density at radius 3 is 2.00 bits per heavy atom. The van der Waals surface area contributed by atoms with E-state index in [-0.39, 0.29) is 44.0 Å². The van der Waals surface area contributed by atoms with E-state index < -0.39 is 41.8 Å². The van der Waals surface area contributed by atoms with Crippen LogP contribution in [0.5, 0.6) is 0 Å². The van der Waals surface area contributed by atoms with Gasteiger partial charge in [0.05, 0.1) is 0 Å². The summed E-state index contributed by atoms with van der Waals surface area (Å²) in [4.78, 5) is 68.5. The molecule has 0 rings (SSSR count). The Balaban J connectivity index is 4.20. The van der Waals surface area contributed by atoms with Crippen LogP contribution in [-0.2, 0) is 28.8 Å². The summed E-state index contributed by atoms with van der Waals surface area (Å²) >= 11 is 0. The third-order valence-corrected chi connectivity index (χ3v) is 4.43. The smallest absolute Gasteiger partial charge is 0.326 e. The molecule has 0 heterocycles. The molecule has 0 aromatic heterocycles. The molecule has 0 aliphatic heterocycles. The second kappa shape index (κ2) is 14.7. The molecule has 0 aromatic carbocycles. The van der Waals surface area contributed by atoms with Crippen molar-refractivity contribution in [2.75, 3.05) is 13.6 Å². The van der Waals surface area contributed by atoms with Crippen molar-refractivity contribution < 1.29 is 39.0 Å². The van der Waals surface area contributed by atoms with Crippen molar-refractivity contribution in [1.29, 1.82) is 0 Å². The number of rotatable bonds is 15. The molecule has 0 saturated heterocycles. The highest BCUT2D eigenvalue weighted by Gasteiger charge is 2.27. The Kier molecular flexibility index (Phi) is 13.2. The lowest BCUT2D eigenvalue weighted by atomic mass is 9.97. The van der Waals surface area contributed by atoms with Crippen LogP contribution in [0.1, 0.15) is 52.4 Å². The minimum atomic E-state index is -1.23. The number of unbranched alkanes of at least 4 members (excludes halogenated alkanes) is 1. The summed E-state index contributed by atoms with van der Waals surface area (Å²) in [5.74, 6) is -4.74. The zero-order valence-corrected chi connectivity index (χ0v) is 18.0. The third kappa shape index (κ3) is 12.9. The zero-order valence-electron chi connectivity index (χ0n) is 18.0. The van der Waals surface area contributed by atoms with Crippen molar-refractivity contribution >= 4 is 35.6 Å². The average Bonchev–Trinajstić information content (AvgIpc) is 2.67. The van der Waals surface area contributed by atoms with Gasteiger partial charge in [-0.15, -0.1) is 0 Å². The molecule has 0 aromatic rings. The van der Waals surface area contributed by atoms with Crippen LogP contribution in [0.2, 0.25) is 0 Å². The molecule has 176 valence electrons. The molecule has 0 radical (unpaired) electrons. The van der Waals surface area contributed by atoms with Gasteiger partial charge in [0.1, 0.15) is 12.1 Å². The topological polar surface area (TPSA) is 191 Å². The van der Waals surface area contributed by atoms with Crippen molar-refractivity contribution in [2.24, 2.45) is 5.92 Å². The number of carbonyl (C=O) groups is 6. The van der Waals surface area contributed by atoms with Gasteiger partial charge in [0, 0.05) is 39.8 Å². The number of carbonyl (C=O) groups excluding carboxylic acids is 4. The van der Waals surface area contributed by atoms with Crippen LogP contribution in [0.25, 0.3) is 0 Å². The first-order chi connectivity index (χ1) is 14.5. The van der Waals surface area contributed by atoms with Crippen LogP contribution in [0.4, 0.5) is 0 Å². The number of hydrogen-bond acceptors (Lipinski definition) is 6. The number of nitrogens with one attached hydrogen (secondary N) is 4. The Morgan fingerprint density at radius 1 is 0.839 bits per heavy atom. The predicted molar refractivity (Wildman–Crippen MR) is 109 cm³/mol. The maximum Gasteiger partial charge on any atom is 0.326 e. The highest BCUT2D eigenvalue weighted by Crippen LogP contribution is 2.09. The number of aliphatic carboxylic acids is 2. The van der Waals surface area contributed by atoms with E-state index in [1.54, 1.807) is 6.92 Å². The van der Waals surface area contributed by atoms with Crippen molar-refractivity contribution in [2.45, 2.75) is 64.5 Å². The lowest BCUT2D eigenvalue weighted by molar-refractivity contribution is -0.143. The van der Waals surface area contributed by atoms with Crippen LogP contribution in [-0.4, -0.2) is 71.5 Å². The lowest BCUT2D eigenvalue weighted by Gasteiger charge is -2.20. The molecular formula is C19H32N4O8. The van der Waals surface area contributed by atoms with Crippen LogP contribution >= 0.6 is 0 Å². The second-order valence-electron chi connectivity index (χ2n) is 7.18. The van der Waals surface area contributed by atoms with Crippen LogP contribution in [0, 0.1) is 5.92 Å². The molecule has 12 nitrogen and oxygen atoms in total. The van der Waals surface area contributed by atoms with E-state index >= 15 is 0 Å². The van der Waals surface area contributed by atoms with E-state index in [9.17, 15) is 28.8 Å². The number of carboxylic acid groups (broad SMARTS) is 2. The van der Waals surface area contributed by atoms with Gasteiger partial charge >= 0.3 is 11.9 Å². The molecule has 3 unspecified atom stereocenters. The number of hydrogen-bond donors (Lipinski definition) is 6. The van der Waals surface area contributed by atoms with Gasteiger partial charge in [0.2, 0.25) is 23.6 Å². The van der Waals surface area contributed by atoms with Gasteiger partial charge in [-0.2, -0.15) is 0 Å². The quantitative estimate of drug-likeness (QED) is 0.173. The van der Waals surface area contributed by atoms with Gasteiger partial charge in [0.15, 0.2) is 0 Å². The lowest BCUT2D eigenvalue weighted by Crippen LogP contribution is -2.45. The largest absolute Gasteiger partial charge is 0.480 e. The minimum absolute atomic E-state index is 0.0230. The van der Waals surface area contributed by atoms with E-state index in [0.29, 0.717) is 12.8 Å². The normalized spacial score (nSPS) is 13.3. The van der Waals surface area contributed by atoms with Gasteiger partial charge < -0.3 is 31.5 Å². The zero-order chi connectivity index (χ0) is 24.0. The van der Waals surface area contributed by atoms with Gasteiger partial charge in [-0.25, -0.2) is 9.59 Å². The van der Waals surface area contributed by atoms with E-state index in [0.717, 1.165) is 0 Å². The Morgan fingerprint density at radius 2 is 1.48 bits per heavy atom. The van der Waals surface area contributed by atoms with Crippen LogP contribution in [0.15, 0.2) is 0 Å². The standard InChI is InChI=1S/C19H32N4O8/c1-11(17(19(30)31)22-12(2)24)10-16(27)21-9-5-4-6-15(26)23-13(18(28)29)7-8-14(25)20-3/h11,13,17H,4-10H2,1-3H3,(H,20,25)(H,21,27)(H,22,24)(H,23,26)(H,28,29)(H,30,31). The summed E-state index contributed by atoms with van der Waals surface area (Å²) in [6, 6.07) is -2.32. The Bertz CT molecular complexity index is 667. The van der Waals surface area contributed by atoms with E-state index in [1.807, 2.05) is 0 Å². The maximum atomic E-state index is 11.9. The number of amides is 4. The summed E-state index contributed by atoms with van der Waals surface area (Å²) in [7, 11) is 1.43. The first kappa shape index (κ1) is 27.8. The maximum absolute atomic E-state index is 11.9. The molecule has 3 atom stereocenters. The van der Waals surface area contributed by atoms with Crippen molar-refractivity contribution in [3.63, 3.8) is 0 Å². The van der Waals surface area contributed by atoms with Crippen LogP contribution in [0.3, 0.4) is 0 Å².